The Kier molecular flexibility index (Phi) is 4.92. The first-order chi connectivity index (χ1) is 12.8. The van der Waals surface area contributed by atoms with Crippen LogP contribution in [0.5, 0.6) is 0 Å². The molecule has 4 heterocycles. The molecule has 0 unspecified atom stereocenters. The zero-order valence-corrected chi connectivity index (χ0v) is 15.0. The molecule has 0 bridgehead atoms. The Morgan fingerprint density at radius 3 is 3.00 bits per heavy atom. The fourth-order valence-electron chi connectivity index (χ4n) is 3.33. The van der Waals surface area contributed by atoms with E-state index in [1.54, 1.807) is 6.20 Å². The molecule has 0 amide bonds. The van der Waals surface area contributed by atoms with Gasteiger partial charge in [0, 0.05) is 43.6 Å². The molecule has 8 heteroatoms. The second-order valence-corrected chi connectivity index (χ2v) is 6.63. The number of aryl methyl sites for hydroxylation is 1. The van der Waals surface area contributed by atoms with Crippen LogP contribution in [0.15, 0.2) is 37.1 Å². The first kappa shape index (κ1) is 16.7. The van der Waals surface area contributed by atoms with E-state index in [-0.39, 0.29) is 0 Å². The van der Waals surface area contributed by atoms with Crippen LogP contribution in [0.3, 0.4) is 0 Å². The molecule has 1 fully saturated rings. The molecule has 0 spiro atoms. The molecule has 0 radical (unpaired) electrons. The molecule has 1 aliphatic heterocycles. The normalized spacial score (nSPS) is 15.3. The monoisotopic (exact) mass is 352 g/mol. The van der Waals surface area contributed by atoms with Crippen LogP contribution in [0.1, 0.15) is 24.4 Å². The van der Waals surface area contributed by atoms with Crippen molar-refractivity contribution in [3.05, 3.63) is 42.6 Å². The Labute approximate surface area is 152 Å². The van der Waals surface area contributed by atoms with Crippen molar-refractivity contribution in [2.24, 2.45) is 0 Å². The van der Waals surface area contributed by atoms with Gasteiger partial charge in [-0.15, -0.1) is 5.10 Å². The van der Waals surface area contributed by atoms with Gasteiger partial charge >= 0.3 is 0 Å². The zero-order chi connectivity index (χ0) is 17.8. The highest BCUT2D eigenvalue weighted by atomic mass is 15.4. The topological polar surface area (TPSA) is 85.5 Å². The lowest BCUT2D eigenvalue weighted by molar-refractivity contribution is 0.337. The van der Waals surface area contributed by atoms with Crippen LogP contribution in [0.25, 0.3) is 11.5 Å². The van der Waals surface area contributed by atoms with Crippen molar-refractivity contribution >= 4 is 5.69 Å². The van der Waals surface area contributed by atoms with Gasteiger partial charge in [0.05, 0.1) is 12.2 Å². The van der Waals surface area contributed by atoms with Crippen molar-refractivity contribution in [1.29, 1.82) is 0 Å². The van der Waals surface area contributed by atoms with Gasteiger partial charge < -0.3 is 15.2 Å². The number of anilines is 1. The summed E-state index contributed by atoms with van der Waals surface area (Å²) in [6, 6.07) is 2.42. The summed E-state index contributed by atoms with van der Waals surface area (Å²) < 4.78 is 4.11. The third-order valence-corrected chi connectivity index (χ3v) is 4.83. The number of pyridine rings is 1. The van der Waals surface area contributed by atoms with Gasteiger partial charge in [-0.05, 0) is 44.5 Å². The number of piperidine rings is 1. The zero-order valence-electron chi connectivity index (χ0n) is 15.0. The highest BCUT2D eigenvalue weighted by Crippen LogP contribution is 2.21. The first-order valence-corrected chi connectivity index (χ1v) is 9.10. The molecule has 0 aromatic carbocycles. The van der Waals surface area contributed by atoms with E-state index in [4.69, 9.17) is 0 Å². The molecule has 1 saturated heterocycles. The maximum Gasteiger partial charge on any atom is 0.162 e. The molecule has 2 N–H and O–H groups in total. The third kappa shape index (κ3) is 3.60. The molecule has 0 saturated carbocycles. The summed E-state index contributed by atoms with van der Waals surface area (Å²) in [6.07, 6.45) is 11.7. The summed E-state index contributed by atoms with van der Waals surface area (Å²) in [5, 5.41) is 15.5. The maximum atomic E-state index is 4.49. The number of imidazole rings is 1. The Balaban J connectivity index is 1.42. The molecular formula is C18H24N8. The summed E-state index contributed by atoms with van der Waals surface area (Å²) in [5.41, 5.74) is 3.08. The van der Waals surface area contributed by atoms with Crippen LogP contribution < -0.4 is 10.6 Å². The van der Waals surface area contributed by atoms with Crippen LogP contribution in [0, 0.1) is 6.92 Å². The van der Waals surface area contributed by atoms with Crippen molar-refractivity contribution in [3.63, 3.8) is 0 Å². The average molecular weight is 352 g/mol. The number of rotatable bonds is 6. The van der Waals surface area contributed by atoms with E-state index in [0.717, 1.165) is 61.8 Å². The lowest BCUT2D eigenvalue weighted by Gasteiger charge is -2.22. The van der Waals surface area contributed by atoms with Crippen molar-refractivity contribution in [2.45, 2.75) is 32.4 Å². The molecule has 3 aromatic rings. The van der Waals surface area contributed by atoms with Gasteiger partial charge in [-0.3, -0.25) is 4.98 Å². The largest absolute Gasteiger partial charge is 0.383 e. The van der Waals surface area contributed by atoms with Gasteiger partial charge in [0.15, 0.2) is 5.82 Å². The van der Waals surface area contributed by atoms with Crippen molar-refractivity contribution < 1.29 is 0 Å². The van der Waals surface area contributed by atoms with Gasteiger partial charge in [0.1, 0.15) is 5.69 Å². The number of hydrogen-bond acceptors (Lipinski definition) is 6. The molecular weight excluding hydrogens is 328 g/mol. The van der Waals surface area contributed by atoms with E-state index >= 15 is 0 Å². The molecule has 0 atom stereocenters. The molecule has 8 nitrogen and oxygen atoms in total. The van der Waals surface area contributed by atoms with Crippen LogP contribution in [0.4, 0.5) is 5.69 Å². The fourth-order valence-corrected chi connectivity index (χ4v) is 3.33. The molecule has 136 valence electrons. The summed E-state index contributed by atoms with van der Waals surface area (Å²) in [4.78, 5) is 8.61. The predicted molar refractivity (Wildman–Crippen MR) is 99.8 cm³/mol. The molecule has 26 heavy (non-hydrogen) atoms. The fraction of sp³-hybridized carbons (Fsp3) is 0.444. The molecule has 1 aliphatic rings. The standard InChI is InChI=1S/C18H24N8/c1-14-12-20-7-4-16(14)21-8-10-25-11-9-22-18(25)17-13-26(24-23-17)15-2-5-19-6-3-15/h4,7,9,11-13,15,19H,2-3,5-6,8,10H2,1H3,(H,20,21). The quantitative estimate of drug-likeness (QED) is 0.705. The minimum atomic E-state index is 0.428. The van der Waals surface area contributed by atoms with E-state index in [1.807, 2.05) is 35.5 Å². The van der Waals surface area contributed by atoms with Crippen LogP contribution >= 0.6 is 0 Å². The lowest BCUT2D eigenvalue weighted by atomic mass is 10.1. The van der Waals surface area contributed by atoms with E-state index in [9.17, 15) is 0 Å². The van der Waals surface area contributed by atoms with E-state index in [0.29, 0.717) is 6.04 Å². The van der Waals surface area contributed by atoms with Crippen molar-refractivity contribution in [2.75, 3.05) is 25.0 Å². The Hall–Kier alpha value is -2.74. The Bertz CT molecular complexity index is 846. The van der Waals surface area contributed by atoms with Gasteiger partial charge in [-0.2, -0.15) is 0 Å². The maximum absolute atomic E-state index is 4.49. The Morgan fingerprint density at radius 2 is 2.15 bits per heavy atom. The minimum absolute atomic E-state index is 0.428. The van der Waals surface area contributed by atoms with Crippen molar-refractivity contribution in [3.8, 4) is 11.5 Å². The molecule has 0 aliphatic carbocycles. The third-order valence-electron chi connectivity index (χ3n) is 4.83. The first-order valence-electron chi connectivity index (χ1n) is 9.10. The second-order valence-electron chi connectivity index (χ2n) is 6.63. The smallest absolute Gasteiger partial charge is 0.162 e. The van der Waals surface area contributed by atoms with Crippen LogP contribution in [0.2, 0.25) is 0 Å². The van der Waals surface area contributed by atoms with Crippen LogP contribution in [-0.4, -0.2) is 49.2 Å². The highest BCUT2D eigenvalue weighted by Gasteiger charge is 2.18. The summed E-state index contributed by atoms with van der Waals surface area (Å²) in [6.45, 7) is 5.73. The van der Waals surface area contributed by atoms with E-state index in [1.165, 1.54) is 0 Å². The number of aromatic nitrogens is 6. The Morgan fingerprint density at radius 1 is 1.27 bits per heavy atom. The number of hydrogen-bond donors (Lipinski definition) is 2. The molecule has 3 aromatic heterocycles. The van der Waals surface area contributed by atoms with Crippen molar-refractivity contribution in [1.82, 2.24) is 34.8 Å². The van der Waals surface area contributed by atoms with Crippen LogP contribution in [-0.2, 0) is 6.54 Å². The molecule has 4 rings (SSSR count). The summed E-state index contributed by atoms with van der Waals surface area (Å²) >= 11 is 0. The summed E-state index contributed by atoms with van der Waals surface area (Å²) in [7, 11) is 0. The minimum Gasteiger partial charge on any atom is -0.383 e. The van der Waals surface area contributed by atoms with Gasteiger partial charge in [-0.1, -0.05) is 5.21 Å². The van der Waals surface area contributed by atoms with Gasteiger partial charge in [0.2, 0.25) is 0 Å². The number of nitrogens with one attached hydrogen (secondary N) is 2. The van der Waals surface area contributed by atoms with E-state index in [2.05, 4.69) is 42.4 Å². The van der Waals surface area contributed by atoms with Gasteiger partial charge in [0.25, 0.3) is 0 Å². The second kappa shape index (κ2) is 7.65. The highest BCUT2D eigenvalue weighted by molar-refractivity contribution is 5.49. The number of nitrogens with zero attached hydrogens (tertiary/aromatic N) is 6. The van der Waals surface area contributed by atoms with Gasteiger partial charge in [-0.25, -0.2) is 9.67 Å². The predicted octanol–water partition coefficient (Wildman–Crippen LogP) is 1.88. The van der Waals surface area contributed by atoms with E-state index < -0.39 is 0 Å². The lowest BCUT2D eigenvalue weighted by Crippen LogP contribution is -2.29. The average Bonchev–Trinajstić information content (AvgIpc) is 3.33. The SMILES string of the molecule is Cc1cnccc1NCCn1ccnc1-c1cn(C2CCNCC2)nn1. The summed E-state index contributed by atoms with van der Waals surface area (Å²) in [5.74, 6) is 0.860.